The fourth-order valence-electron chi connectivity index (χ4n) is 7.04. The number of imidazole rings is 2. The smallest absolute Gasteiger partial charge is 0.238 e. The number of allylic oxidation sites excluding steroid dienone is 4. The molecule has 0 saturated heterocycles. The second-order valence-electron chi connectivity index (χ2n) is 11.9. The molecule has 0 N–H and O–H groups in total. The van der Waals surface area contributed by atoms with Gasteiger partial charge >= 0.3 is 0 Å². The van der Waals surface area contributed by atoms with E-state index in [1.54, 1.807) is 0 Å². The van der Waals surface area contributed by atoms with Crippen LogP contribution in [0.3, 0.4) is 0 Å². The van der Waals surface area contributed by atoms with Gasteiger partial charge in [0.05, 0.1) is 27.6 Å². The molecule has 0 atom stereocenters. The Morgan fingerprint density at radius 3 is 2.04 bits per heavy atom. The Bertz CT molecular complexity index is 2730. The Balaban J connectivity index is 1.34. The predicted molar refractivity (Wildman–Crippen MR) is 189 cm³/mol. The van der Waals surface area contributed by atoms with Crippen molar-refractivity contribution in [2.75, 3.05) is 0 Å². The molecule has 4 aromatic heterocycles. The maximum atomic E-state index is 5.44. The minimum atomic E-state index is 0.570. The van der Waals surface area contributed by atoms with Crippen LogP contribution in [0.1, 0.15) is 18.7 Å². The first kappa shape index (κ1) is 25.9. The third-order valence-electron chi connectivity index (χ3n) is 9.13. The van der Waals surface area contributed by atoms with Crippen LogP contribution in [0.15, 0.2) is 140 Å². The molecule has 0 bridgehead atoms. The number of benzene rings is 5. The van der Waals surface area contributed by atoms with Gasteiger partial charge in [0.15, 0.2) is 11.6 Å². The Labute approximate surface area is 269 Å². The van der Waals surface area contributed by atoms with Gasteiger partial charge < -0.3 is 0 Å². The zero-order chi connectivity index (χ0) is 30.9. The third-order valence-corrected chi connectivity index (χ3v) is 9.13. The summed E-state index contributed by atoms with van der Waals surface area (Å²) in [5.41, 5.74) is 9.14. The van der Waals surface area contributed by atoms with Crippen molar-refractivity contribution in [3.8, 4) is 23.0 Å². The standard InChI is InChI=1S/C40H27N7/c1-4-14-26(15-5-1)37-42-38(27-16-6-2-7-17-27)44-39(43-37)47-31-21-11-10-20-29(31)30-24-25-34-35(36(30)47)41-40-45(28-18-8-3-9-19-28)32-22-12-13-23-33(32)46(34)40/h1,3-6,8-25H,2,7H2. The van der Waals surface area contributed by atoms with E-state index in [1.165, 1.54) is 0 Å². The van der Waals surface area contributed by atoms with Crippen LogP contribution in [0, 0.1) is 0 Å². The van der Waals surface area contributed by atoms with Crippen molar-refractivity contribution in [1.82, 2.24) is 33.5 Å². The number of hydrogen-bond donors (Lipinski definition) is 0. The van der Waals surface area contributed by atoms with Gasteiger partial charge in [-0.15, -0.1) is 0 Å². The maximum absolute atomic E-state index is 5.44. The van der Waals surface area contributed by atoms with E-state index in [0.29, 0.717) is 17.6 Å². The molecule has 0 amide bonds. The molecule has 0 spiro atoms. The van der Waals surface area contributed by atoms with Gasteiger partial charge in [-0.25, -0.2) is 9.97 Å². The van der Waals surface area contributed by atoms with Crippen LogP contribution in [0.25, 0.3) is 78.2 Å². The molecule has 0 radical (unpaired) electrons. The highest BCUT2D eigenvalue weighted by Gasteiger charge is 2.24. The number of fused-ring (bicyclic) bond motifs is 9. The lowest BCUT2D eigenvalue weighted by molar-refractivity contribution is 0.928. The molecule has 0 unspecified atom stereocenters. The average Bonchev–Trinajstić information content (AvgIpc) is 3.79. The number of rotatable bonds is 4. The molecule has 0 saturated carbocycles. The quantitative estimate of drug-likeness (QED) is 0.201. The molecule has 1 aliphatic carbocycles. The Morgan fingerprint density at radius 2 is 1.23 bits per heavy atom. The predicted octanol–water partition coefficient (Wildman–Crippen LogP) is 9.11. The van der Waals surface area contributed by atoms with Gasteiger partial charge in [0.1, 0.15) is 5.52 Å². The number of nitrogens with zero attached hydrogens (tertiary/aromatic N) is 7. The molecule has 7 nitrogen and oxygen atoms in total. The molecule has 5 aromatic carbocycles. The highest BCUT2D eigenvalue weighted by atomic mass is 15.2. The monoisotopic (exact) mass is 605 g/mol. The zero-order valence-electron chi connectivity index (χ0n) is 25.3. The normalized spacial score (nSPS) is 13.4. The van der Waals surface area contributed by atoms with E-state index < -0.39 is 0 Å². The van der Waals surface area contributed by atoms with Crippen molar-refractivity contribution in [1.29, 1.82) is 0 Å². The summed E-state index contributed by atoms with van der Waals surface area (Å²) in [6, 6.07) is 42.0. The Kier molecular flexibility index (Phi) is 5.57. The first-order valence-corrected chi connectivity index (χ1v) is 15.9. The van der Waals surface area contributed by atoms with E-state index in [0.717, 1.165) is 79.3 Å². The van der Waals surface area contributed by atoms with Crippen LogP contribution >= 0.6 is 0 Å². The van der Waals surface area contributed by atoms with Crippen molar-refractivity contribution in [2.24, 2.45) is 0 Å². The molecule has 47 heavy (non-hydrogen) atoms. The van der Waals surface area contributed by atoms with Crippen molar-refractivity contribution >= 4 is 55.2 Å². The first-order valence-electron chi connectivity index (χ1n) is 15.9. The molecule has 9 aromatic rings. The van der Waals surface area contributed by atoms with Gasteiger partial charge in [-0.2, -0.15) is 9.97 Å². The summed E-state index contributed by atoms with van der Waals surface area (Å²) >= 11 is 0. The number of aromatic nitrogens is 7. The van der Waals surface area contributed by atoms with Crippen LogP contribution in [0.5, 0.6) is 0 Å². The minimum absolute atomic E-state index is 0.570. The van der Waals surface area contributed by atoms with Crippen LogP contribution < -0.4 is 0 Å². The molecular formula is C40H27N7. The first-order chi connectivity index (χ1) is 23.3. The summed E-state index contributed by atoms with van der Waals surface area (Å²) in [5.74, 6) is 2.73. The van der Waals surface area contributed by atoms with Gasteiger partial charge in [0.25, 0.3) is 0 Å². The van der Waals surface area contributed by atoms with Gasteiger partial charge in [0, 0.05) is 27.6 Å². The van der Waals surface area contributed by atoms with Crippen molar-refractivity contribution in [3.63, 3.8) is 0 Å². The number of para-hydroxylation sites is 4. The summed E-state index contributed by atoms with van der Waals surface area (Å²) in [6.45, 7) is 0. The van der Waals surface area contributed by atoms with Crippen LogP contribution in [-0.2, 0) is 0 Å². The van der Waals surface area contributed by atoms with E-state index >= 15 is 0 Å². The lowest BCUT2D eigenvalue weighted by atomic mass is 10.1. The largest absolute Gasteiger partial charge is 0.278 e. The van der Waals surface area contributed by atoms with Gasteiger partial charge in [-0.1, -0.05) is 97.1 Å². The van der Waals surface area contributed by atoms with E-state index in [4.69, 9.17) is 19.9 Å². The summed E-state index contributed by atoms with van der Waals surface area (Å²) in [4.78, 5) is 20.8. The summed E-state index contributed by atoms with van der Waals surface area (Å²) in [7, 11) is 0. The van der Waals surface area contributed by atoms with Gasteiger partial charge in [-0.3, -0.25) is 13.5 Å². The molecular weight excluding hydrogens is 578 g/mol. The second-order valence-corrected chi connectivity index (χ2v) is 11.9. The molecule has 1 aliphatic rings. The van der Waals surface area contributed by atoms with Crippen LogP contribution in [-0.4, -0.2) is 33.5 Å². The van der Waals surface area contributed by atoms with Crippen LogP contribution in [0.4, 0.5) is 0 Å². The van der Waals surface area contributed by atoms with Gasteiger partial charge in [0.2, 0.25) is 11.7 Å². The Morgan fingerprint density at radius 1 is 0.511 bits per heavy atom. The molecule has 222 valence electrons. The third kappa shape index (κ3) is 3.86. The SMILES string of the molecule is C1=CC(c2nc(-c3ccccc3)nc(-n3c4ccccc4c4ccc5c(nc6n(-c7ccccc7)c7ccccc7n56)c43)n2)=CCC1. The van der Waals surface area contributed by atoms with Crippen molar-refractivity contribution in [2.45, 2.75) is 12.8 Å². The highest BCUT2D eigenvalue weighted by Crippen LogP contribution is 2.38. The average molecular weight is 606 g/mol. The van der Waals surface area contributed by atoms with Gasteiger partial charge in [-0.05, 0) is 55.3 Å². The number of hydrogen-bond acceptors (Lipinski definition) is 4. The zero-order valence-corrected chi connectivity index (χ0v) is 25.3. The summed E-state index contributed by atoms with van der Waals surface area (Å²) in [5, 5.41) is 2.22. The van der Waals surface area contributed by atoms with E-state index in [-0.39, 0.29) is 0 Å². The minimum Gasteiger partial charge on any atom is -0.278 e. The fraction of sp³-hybridized carbons (Fsp3) is 0.0500. The molecule has 0 fully saturated rings. The lowest BCUT2D eigenvalue weighted by Crippen LogP contribution is -2.08. The summed E-state index contributed by atoms with van der Waals surface area (Å²) in [6.07, 6.45) is 8.51. The van der Waals surface area contributed by atoms with E-state index in [2.05, 4.69) is 117 Å². The second kappa shape index (κ2) is 10.1. The van der Waals surface area contributed by atoms with Crippen molar-refractivity contribution in [3.05, 3.63) is 145 Å². The lowest BCUT2D eigenvalue weighted by Gasteiger charge is -2.12. The fourth-order valence-corrected chi connectivity index (χ4v) is 7.04. The van der Waals surface area contributed by atoms with Crippen LogP contribution in [0.2, 0.25) is 0 Å². The molecule has 4 heterocycles. The van der Waals surface area contributed by atoms with Crippen molar-refractivity contribution < 1.29 is 0 Å². The van der Waals surface area contributed by atoms with E-state index in [1.807, 2.05) is 36.4 Å². The van der Waals surface area contributed by atoms with E-state index in [9.17, 15) is 0 Å². The molecule has 0 aliphatic heterocycles. The highest BCUT2D eigenvalue weighted by molar-refractivity contribution is 6.18. The molecule has 10 rings (SSSR count). The Hall–Kier alpha value is -6.34. The summed E-state index contributed by atoms with van der Waals surface area (Å²) < 4.78 is 6.69. The topological polar surface area (TPSA) is 65.8 Å². The molecule has 7 heteroatoms. The maximum Gasteiger partial charge on any atom is 0.238 e.